The Morgan fingerprint density at radius 3 is 2.80 bits per heavy atom. The molecule has 3 nitrogen and oxygen atoms in total. The summed E-state index contributed by atoms with van der Waals surface area (Å²) in [7, 11) is 2.08. The highest BCUT2D eigenvalue weighted by Crippen LogP contribution is 2.23. The molecule has 0 aromatic carbocycles. The van der Waals surface area contributed by atoms with Crippen LogP contribution in [-0.4, -0.2) is 49.8 Å². The fraction of sp³-hybridized carbons (Fsp3) is 1.00. The molecule has 0 aromatic heterocycles. The molecule has 88 valence electrons. The first-order valence-electron chi connectivity index (χ1n) is 6.32. The third-order valence-corrected chi connectivity index (χ3v) is 3.94. The van der Waals surface area contributed by atoms with E-state index in [4.69, 9.17) is 4.74 Å². The van der Waals surface area contributed by atoms with E-state index in [-0.39, 0.29) is 0 Å². The summed E-state index contributed by atoms with van der Waals surface area (Å²) < 4.78 is 5.58. The second-order valence-corrected chi connectivity index (χ2v) is 4.97. The zero-order valence-corrected chi connectivity index (χ0v) is 10.0. The fourth-order valence-corrected chi connectivity index (χ4v) is 2.98. The molecule has 0 aromatic rings. The van der Waals surface area contributed by atoms with Gasteiger partial charge in [-0.25, -0.2) is 0 Å². The van der Waals surface area contributed by atoms with Crippen LogP contribution in [0.15, 0.2) is 0 Å². The van der Waals surface area contributed by atoms with E-state index < -0.39 is 0 Å². The monoisotopic (exact) mass is 212 g/mol. The van der Waals surface area contributed by atoms with Crippen LogP contribution < -0.4 is 5.32 Å². The van der Waals surface area contributed by atoms with Gasteiger partial charge >= 0.3 is 0 Å². The predicted octanol–water partition coefficient (Wildman–Crippen LogP) is 1.24. The number of piperidine rings is 1. The van der Waals surface area contributed by atoms with Gasteiger partial charge in [0.15, 0.2) is 0 Å². The lowest BCUT2D eigenvalue weighted by atomic mass is 9.95. The maximum atomic E-state index is 5.58. The van der Waals surface area contributed by atoms with E-state index in [1.165, 1.54) is 32.2 Å². The quantitative estimate of drug-likeness (QED) is 0.745. The Labute approximate surface area is 93.2 Å². The van der Waals surface area contributed by atoms with Crippen molar-refractivity contribution in [2.45, 2.75) is 50.7 Å². The third kappa shape index (κ3) is 2.71. The van der Waals surface area contributed by atoms with Gasteiger partial charge in [0, 0.05) is 31.3 Å². The summed E-state index contributed by atoms with van der Waals surface area (Å²) in [5.74, 6) is 0. The van der Waals surface area contributed by atoms with Crippen molar-refractivity contribution in [2.24, 2.45) is 0 Å². The fourth-order valence-electron chi connectivity index (χ4n) is 2.98. The van der Waals surface area contributed by atoms with E-state index in [1.54, 1.807) is 0 Å². The minimum absolute atomic E-state index is 0.687. The average molecular weight is 212 g/mol. The zero-order chi connectivity index (χ0) is 10.7. The van der Waals surface area contributed by atoms with E-state index in [9.17, 15) is 0 Å². The standard InChI is InChI=1S/C12H24N2O/c1-10-8-11(13-2)5-6-14(10)12-4-3-7-15-9-12/h10-13H,3-9H2,1-2H3. The Hall–Kier alpha value is -0.120. The van der Waals surface area contributed by atoms with Gasteiger partial charge in [-0.05, 0) is 39.7 Å². The number of hydrogen-bond acceptors (Lipinski definition) is 3. The van der Waals surface area contributed by atoms with Crippen LogP contribution in [0.3, 0.4) is 0 Å². The van der Waals surface area contributed by atoms with Crippen LogP contribution in [0.4, 0.5) is 0 Å². The van der Waals surface area contributed by atoms with Crippen LogP contribution in [-0.2, 0) is 4.74 Å². The molecule has 0 radical (unpaired) electrons. The van der Waals surface area contributed by atoms with Crippen molar-refractivity contribution in [1.29, 1.82) is 0 Å². The lowest BCUT2D eigenvalue weighted by Gasteiger charge is -2.43. The van der Waals surface area contributed by atoms with Gasteiger partial charge in [-0.15, -0.1) is 0 Å². The van der Waals surface area contributed by atoms with E-state index in [2.05, 4.69) is 24.2 Å². The van der Waals surface area contributed by atoms with Crippen molar-refractivity contribution < 1.29 is 4.74 Å². The van der Waals surface area contributed by atoms with Gasteiger partial charge in [0.2, 0.25) is 0 Å². The molecule has 3 unspecified atom stereocenters. The molecular formula is C12H24N2O. The lowest BCUT2D eigenvalue weighted by Crippen LogP contribution is -2.53. The minimum atomic E-state index is 0.687. The van der Waals surface area contributed by atoms with Crippen molar-refractivity contribution in [3.63, 3.8) is 0 Å². The van der Waals surface area contributed by atoms with E-state index >= 15 is 0 Å². The maximum absolute atomic E-state index is 5.58. The summed E-state index contributed by atoms with van der Waals surface area (Å²) in [6.07, 6.45) is 5.14. The first-order valence-corrected chi connectivity index (χ1v) is 6.32. The zero-order valence-electron chi connectivity index (χ0n) is 10.0. The highest BCUT2D eigenvalue weighted by molar-refractivity contribution is 4.87. The second kappa shape index (κ2) is 5.28. The molecule has 2 aliphatic heterocycles. The number of ether oxygens (including phenoxy) is 1. The average Bonchev–Trinajstić information content (AvgIpc) is 2.30. The number of hydrogen-bond donors (Lipinski definition) is 1. The molecular weight excluding hydrogens is 188 g/mol. The molecule has 0 spiro atoms. The van der Waals surface area contributed by atoms with Crippen molar-refractivity contribution in [2.75, 3.05) is 26.8 Å². The van der Waals surface area contributed by atoms with Crippen molar-refractivity contribution in [1.82, 2.24) is 10.2 Å². The van der Waals surface area contributed by atoms with Crippen LogP contribution in [0.25, 0.3) is 0 Å². The van der Waals surface area contributed by atoms with Gasteiger partial charge in [0.1, 0.15) is 0 Å². The number of nitrogens with zero attached hydrogens (tertiary/aromatic N) is 1. The van der Waals surface area contributed by atoms with Crippen LogP contribution in [0.5, 0.6) is 0 Å². The molecule has 2 aliphatic rings. The SMILES string of the molecule is CNC1CCN(C2CCCOC2)C(C)C1. The minimum Gasteiger partial charge on any atom is -0.380 e. The van der Waals surface area contributed by atoms with E-state index in [1.807, 2.05) is 0 Å². The molecule has 2 heterocycles. The van der Waals surface area contributed by atoms with Crippen molar-refractivity contribution in [3.05, 3.63) is 0 Å². The van der Waals surface area contributed by atoms with Crippen LogP contribution in [0, 0.1) is 0 Å². The molecule has 15 heavy (non-hydrogen) atoms. The maximum Gasteiger partial charge on any atom is 0.0621 e. The van der Waals surface area contributed by atoms with E-state index in [0.717, 1.165) is 19.3 Å². The topological polar surface area (TPSA) is 24.5 Å². The first-order chi connectivity index (χ1) is 7.31. The summed E-state index contributed by atoms with van der Waals surface area (Å²) in [5.41, 5.74) is 0. The molecule has 2 saturated heterocycles. The molecule has 2 rings (SSSR count). The number of likely N-dealkylation sites (tertiary alicyclic amines) is 1. The Morgan fingerprint density at radius 1 is 1.33 bits per heavy atom. The molecule has 3 heteroatoms. The summed E-state index contributed by atoms with van der Waals surface area (Å²) in [6, 6.07) is 2.12. The Morgan fingerprint density at radius 2 is 2.20 bits per heavy atom. The number of nitrogens with one attached hydrogen (secondary N) is 1. The molecule has 1 N–H and O–H groups in total. The Kier molecular flexibility index (Phi) is 4.00. The van der Waals surface area contributed by atoms with Gasteiger partial charge in [-0.3, -0.25) is 4.90 Å². The smallest absolute Gasteiger partial charge is 0.0621 e. The molecule has 0 amide bonds. The molecule has 2 fully saturated rings. The van der Waals surface area contributed by atoms with Crippen LogP contribution in [0.1, 0.15) is 32.6 Å². The third-order valence-electron chi connectivity index (χ3n) is 3.94. The lowest BCUT2D eigenvalue weighted by molar-refractivity contribution is -0.0117. The summed E-state index contributed by atoms with van der Waals surface area (Å²) in [6.45, 7) is 5.52. The summed E-state index contributed by atoms with van der Waals surface area (Å²) >= 11 is 0. The highest BCUT2D eigenvalue weighted by atomic mass is 16.5. The first kappa shape index (κ1) is 11.4. The normalized spacial score (nSPS) is 39.2. The Balaban J connectivity index is 1.87. The van der Waals surface area contributed by atoms with Crippen molar-refractivity contribution in [3.8, 4) is 0 Å². The second-order valence-electron chi connectivity index (χ2n) is 4.97. The summed E-state index contributed by atoms with van der Waals surface area (Å²) in [5, 5.41) is 3.40. The van der Waals surface area contributed by atoms with Gasteiger partial charge in [0.25, 0.3) is 0 Å². The summed E-state index contributed by atoms with van der Waals surface area (Å²) in [4.78, 5) is 2.66. The van der Waals surface area contributed by atoms with Gasteiger partial charge in [0.05, 0.1) is 6.61 Å². The largest absolute Gasteiger partial charge is 0.380 e. The molecule has 0 bridgehead atoms. The van der Waals surface area contributed by atoms with E-state index in [0.29, 0.717) is 12.1 Å². The van der Waals surface area contributed by atoms with Crippen LogP contribution in [0.2, 0.25) is 0 Å². The molecule has 0 aliphatic carbocycles. The molecule has 3 atom stereocenters. The van der Waals surface area contributed by atoms with Gasteiger partial charge in [-0.2, -0.15) is 0 Å². The van der Waals surface area contributed by atoms with Crippen molar-refractivity contribution >= 4 is 0 Å². The molecule has 0 saturated carbocycles. The van der Waals surface area contributed by atoms with Gasteiger partial charge in [-0.1, -0.05) is 0 Å². The number of rotatable bonds is 2. The Bertz CT molecular complexity index is 192. The van der Waals surface area contributed by atoms with Crippen LogP contribution >= 0.6 is 0 Å². The van der Waals surface area contributed by atoms with Gasteiger partial charge < -0.3 is 10.1 Å². The highest BCUT2D eigenvalue weighted by Gasteiger charge is 2.30. The predicted molar refractivity (Wildman–Crippen MR) is 62.1 cm³/mol.